The molecule has 0 aliphatic heterocycles. The Bertz CT molecular complexity index is 1960. The van der Waals surface area contributed by atoms with Crippen molar-refractivity contribution in [2.45, 2.75) is 211 Å². The molecule has 4 aliphatic rings. The molecular weight excluding hydrogens is 1300 g/mol. The second-order valence-electron chi connectivity index (χ2n) is 23.1. The second-order valence-corrected chi connectivity index (χ2v) is 23.1. The average molecular weight is 1390 g/mol. The Hall–Kier alpha value is 3.50. The zero-order valence-electron chi connectivity index (χ0n) is 46.6. The van der Waals surface area contributed by atoms with Gasteiger partial charge in [0.1, 0.15) is 0 Å². The number of hydrogen-bond acceptors (Lipinski definition) is 0. The van der Waals surface area contributed by atoms with Crippen molar-refractivity contribution in [3.05, 3.63) is 139 Å². The van der Waals surface area contributed by atoms with E-state index in [0.717, 1.165) is 53.8 Å². The molecule has 4 aliphatic carbocycles. The number of hydrogen-bond donors (Lipinski definition) is 0. The standard InChI is InChI=1S/C25H33.C23H35.C16H23.6Y/c1-17-6-8-22(9-7-17)15-24-13-20(4)25(21(5)14-24)16-23-11-18(2)10-19(3)12-23;1-17-4-6-20(7-5-17)15-21-8-10-22(11-9-21)16-23-13-18(2)12-19(3)14-23;1-12-4-6-15(7-5-12)11-16-9-13(2)8-14(3)10-16;;;;;;/h11-14,17,22H,6-9,15-16H2,1-5H3;13-14,17,20-22H,4-11,15-16H2,1-3H3;9-10,12,15H,4-7,11H2,1-3H3;;;;;;/q3*-1;;;;;;. The second kappa shape index (κ2) is 38.2. The van der Waals surface area contributed by atoms with Crippen LogP contribution in [0.4, 0.5) is 0 Å². The first-order valence-electron chi connectivity index (χ1n) is 26.7. The first-order valence-corrected chi connectivity index (χ1v) is 26.7. The summed E-state index contributed by atoms with van der Waals surface area (Å²) >= 11 is 0. The molecule has 0 N–H and O–H groups in total. The molecule has 368 valence electrons. The Morgan fingerprint density at radius 3 is 0.843 bits per heavy atom. The summed E-state index contributed by atoms with van der Waals surface area (Å²) in [5, 5.41) is 0. The first kappa shape index (κ1) is 73.5. The maximum atomic E-state index is 3.40. The average Bonchev–Trinajstić information content (AvgIpc) is 3.22. The van der Waals surface area contributed by atoms with E-state index in [4.69, 9.17) is 0 Å². The van der Waals surface area contributed by atoms with E-state index < -0.39 is 0 Å². The van der Waals surface area contributed by atoms with Gasteiger partial charge in [-0.2, -0.15) is 105 Å². The van der Waals surface area contributed by atoms with Gasteiger partial charge in [-0.1, -0.05) is 139 Å². The normalized spacial score (nSPS) is 23.8. The monoisotopic (exact) mass is 1390 g/mol. The Morgan fingerprint density at radius 2 is 0.543 bits per heavy atom. The van der Waals surface area contributed by atoms with E-state index in [2.05, 4.69) is 143 Å². The van der Waals surface area contributed by atoms with Crippen LogP contribution in [0.3, 0.4) is 0 Å². The minimum absolute atomic E-state index is 0. The summed E-state index contributed by atoms with van der Waals surface area (Å²) in [5.74, 6) is 7.75. The fourth-order valence-corrected chi connectivity index (χ4v) is 12.7. The van der Waals surface area contributed by atoms with Crippen molar-refractivity contribution in [1.29, 1.82) is 0 Å². The number of rotatable bonds is 10. The molecule has 0 spiro atoms. The summed E-state index contributed by atoms with van der Waals surface area (Å²) < 4.78 is 0. The quantitative estimate of drug-likeness (QED) is 0.139. The predicted octanol–water partition coefficient (Wildman–Crippen LogP) is 17.8. The molecule has 0 nitrogen and oxygen atoms in total. The molecule has 0 heterocycles. The van der Waals surface area contributed by atoms with E-state index in [1.165, 1.54) is 190 Å². The van der Waals surface area contributed by atoms with Gasteiger partial charge in [0.05, 0.1) is 0 Å². The first-order chi connectivity index (χ1) is 30.6. The van der Waals surface area contributed by atoms with Crippen molar-refractivity contribution >= 4 is 0 Å². The third-order valence-corrected chi connectivity index (χ3v) is 16.3. The van der Waals surface area contributed by atoms with Crippen LogP contribution < -0.4 is 0 Å². The van der Waals surface area contributed by atoms with Gasteiger partial charge in [-0.25, -0.2) is 0 Å². The number of aryl methyl sites for hydroxylation is 8. The van der Waals surface area contributed by atoms with Crippen LogP contribution in [0, 0.1) is 121 Å². The summed E-state index contributed by atoms with van der Waals surface area (Å²) in [6, 6.07) is 28.9. The van der Waals surface area contributed by atoms with Gasteiger partial charge >= 0.3 is 0 Å². The van der Waals surface area contributed by atoms with E-state index in [9.17, 15) is 0 Å². The molecule has 0 unspecified atom stereocenters. The molecule has 70 heavy (non-hydrogen) atoms. The topological polar surface area (TPSA) is 0 Å². The van der Waals surface area contributed by atoms with Crippen molar-refractivity contribution in [2.24, 2.45) is 47.3 Å². The molecule has 0 aromatic heterocycles. The summed E-state index contributed by atoms with van der Waals surface area (Å²) in [6.45, 7) is 24.8. The fourth-order valence-electron chi connectivity index (χ4n) is 12.7. The molecule has 4 saturated carbocycles. The summed E-state index contributed by atoms with van der Waals surface area (Å²) in [4.78, 5) is 0. The largest absolute Gasteiger partial charge is 0.177 e. The molecule has 4 fully saturated rings. The Morgan fingerprint density at radius 1 is 0.314 bits per heavy atom. The molecule has 6 heteroatoms. The van der Waals surface area contributed by atoms with Crippen LogP contribution in [0.2, 0.25) is 0 Å². The van der Waals surface area contributed by atoms with Gasteiger partial charge in [0.15, 0.2) is 0 Å². The van der Waals surface area contributed by atoms with E-state index >= 15 is 0 Å². The third-order valence-electron chi connectivity index (χ3n) is 16.3. The van der Waals surface area contributed by atoms with Gasteiger partial charge in [0.2, 0.25) is 0 Å². The van der Waals surface area contributed by atoms with Crippen molar-refractivity contribution in [1.82, 2.24) is 0 Å². The van der Waals surface area contributed by atoms with Crippen LogP contribution in [0.15, 0.2) is 48.5 Å². The Labute approximate surface area is 583 Å². The van der Waals surface area contributed by atoms with Crippen molar-refractivity contribution in [3.63, 3.8) is 0 Å². The van der Waals surface area contributed by atoms with Crippen molar-refractivity contribution in [3.8, 4) is 0 Å². The maximum absolute atomic E-state index is 3.40. The third kappa shape index (κ3) is 26.6. The van der Waals surface area contributed by atoms with Crippen molar-refractivity contribution in [2.75, 3.05) is 0 Å². The van der Waals surface area contributed by atoms with Gasteiger partial charge < -0.3 is 0 Å². The van der Waals surface area contributed by atoms with Crippen LogP contribution in [-0.4, -0.2) is 0 Å². The molecular formula is C64H91Y6-3. The van der Waals surface area contributed by atoms with Crippen molar-refractivity contribution < 1.29 is 196 Å². The van der Waals surface area contributed by atoms with Gasteiger partial charge in [-0.3, -0.25) is 0 Å². The molecule has 0 bridgehead atoms. The van der Waals surface area contributed by atoms with Gasteiger partial charge in [0, 0.05) is 196 Å². The molecule has 8 rings (SSSR count). The molecule has 4 aromatic rings. The molecule has 4 aromatic carbocycles. The fraction of sp³-hybridized carbons (Fsp3) is 0.625. The Kier molecular flexibility index (Phi) is 40.1. The van der Waals surface area contributed by atoms with Crippen LogP contribution in [0.25, 0.3) is 0 Å². The maximum Gasteiger partial charge on any atom is 0 e. The predicted molar refractivity (Wildman–Crippen MR) is 278 cm³/mol. The van der Waals surface area contributed by atoms with Crippen LogP contribution >= 0.6 is 0 Å². The van der Waals surface area contributed by atoms with E-state index in [1.54, 1.807) is 11.1 Å². The van der Waals surface area contributed by atoms with Crippen LogP contribution in [0.1, 0.15) is 202 Å². The zero-order valence-corrected chi connectivity index (χ0v) is 63.6. The molecule has 0 amide bonds. The van der Waals surface area contributed by atoms with Crippen LogP contribution in [-0.2, 0) is 222 Å². The minimum Gasteiger partial charge on any atom is -0.177 e. The summed E-state index contributed by atoms with van der Waals surface area (Å²) in [6.07, 6.45) is 29.7. The smallest absolute Gasteiger partial charge is 0 e. The Balaban J connectivity index is 0.000000998. The molecule has 0 atom stereocenters. The summed E-state index contributed by atoms with van der Waals surface area (Å²) in [5.41, 5.74) is 18.1. The number of benzene rings is 4. The minimum atomic E-state index is 0. The molecule has 6 radical (unpaired) electrons. The van der Waals surface area contributed by atoms with Gasteiger partial charge in [-0.05, 0) is 154 Å². The van der Waals surface area contributed by atoms with Gasteiger partial charge in [0.25, 0.3) is 0 Å². The van der Waals surface area contributed by atoms with E-state index in [-0.39, 0.29) is 196 Å². The van der Waals surface area contributed by atoms with Crippen LogP contribution in [0.5, 0.6) is 0 Å². The van der Waals surface area contributed by atoms with Gasteiger partial charge in [-0.15, -0.1) is 0 Å². The summed E-state index contributed by atoms with van der Waals surface area (Å²) in [7, 11) is 0. The molecule has 0 saturated heterocycles. The zero-order chi connectivity index (χ0) is 45.8. The van der Waals surface area contributed by atoms with E-state index in [0.29, 0.717) is 0 Å². The van der Waals surface area contributed by atoms with E-state index in [1.807, 2.05) is 0 Å². The SMILES string of the molecule is Cc1[c-]c(C)cc(CC2CCC(C)CC2)c1.Cc1[c-]c(C)cc(CC2CCC(CC3CCC(C)CC3)CC2)c1.Cc1[c-]c(C)cc(Cc2c(C)cc(CC3CCC(C)CC3)cc2C)c1.[Y].[Y].[Y].[Y].[Y].[Y].